The topological polar surface area (TPSA) is 106 Å². The van der Waals surface area contributed by atoms with Crippen LogP contribution in [-0.2, 0) is 4.79 Å². The molecule has 0 unspecified atom stereocenters. The first-order chi connectivity index (χ1) is 12.1. The van der Waals surface area contributed by atoms with E-state index >= 15 is 0 Å². The molecule has 0 aliphatic heterocycles. The summed E-state index contributed by atoms with van der Waals surface area (Å²) in [7, 11) is 1.48. The van der Waals surface area contributed by atoms with E-state index in [1.807, 2.05) is 18.3 Å². The molecular formula is C18H17N3O4. The number of anilines is 1. The van der Waals surface area contributed by atoms with Crippen molar-refractivity contribution in [1.29, 1.82) is 0 Å². The van der Waals surface area contributed by atoms with Gasteiger partial charge >= 0.3 is 0 Å². The van der Waals surface area contributed by atoms with Crippen LogP contribution in [0.4, 0.5) is 5.69 Å². The van der Waals surface area contributed by atoms with Crippen molar-refractivity contribution in [3.8, 4) is 11.5 Å². The highest BCUT2D eigenvalue weighted by atomic mass is 16.5. The van der Waals surface area contributed by atoms with Gasteiger partial charge in [-0.3, -0.25) is 9.59 Å². The first-order valence-corrected chi connectivity index (χ1v) is 7.54. The maximum absolute atomic E-state index is 12.4. The fraction of sp³-hybridized carbons (Fsp3) is 0.111. The molecule has 7 heteroatoms. The van der Waals surface area contributed by atoms with E-state index in [1.165, 1.54) is 7.11 Å². The number of fused-ring (bicyclic) bond motifs is 1. The van der Waals surface area contributed by atoms with Gasteiger partial charge in [-0.05, 0) is 35.7 Å². The number of H-pyrrole nitrogens is 1. The summed E-state index contributed by atoms with van der Waals surface area (Å²) in [5.41, 5.74) is 7.00. The first kappa shape index (κ1) is 16.4. The van der Waals surface area contributed by atoms with E-state index in [2.05, 4.69) is 10.3 Å². The molecule has 0 atom stereocenters. The van der Waals surface area contributed by atoms with E-state index in [1.54, 1.807) is 30.3 Å². The molecule has 0 bridgehead atoms. The van der Waals surface area contributed by atoms with Crippen LogP contribution in [0.25, 0.3) is 10.9 Å². The highest BCUT2D eigenvalue weighted by Gasteiger charge is 2.11. The van der Waals surface area contributed by atoms with Gasteiger partial charge in [-0.25, -0.2) is 0 Å². The van der Waals surface area contributed by atoms with Crippen LogP contribution in [0.1, 0.15) is 10.4 Å². The van der Waals surface area contributed by atoms with Gasteiger partial charge in [0.25, 0.3) is 11.8 Å². The number of nitrogens with two attached hydrogens (primary N) is 1. The molecule has 0 saturated heterocycles. The summed E-state index contributed by atoms with van der Waals surface area (Å²) in [4.78, 5) is 26.4. The third-order valence-corrected chi connectivity index (χ3v) is 3.61. The molecule has 0 radical (unpaired) electrons. The molecule has 25 heavy (non-hydrogen) atoms. The Hall–Kier alpha value is -3.48. The van der Waals surface area contributed by atoms with Crippen LogP contribution in [-0.4, -0.2) is 30.5 Å². The normalized spacial score (nSPS) is 10.4. The van der Waals surface area contributed by atoms with Crippen molar-refractivity contribution in [2.75, 3.05) is 19.0 Å². The number of carbonyl (C=O) groups is 2. The van der Waals surface area contributed by atoms with Crippen molar-refractivity contribution in [2.45, 2.75) is 0 Å². The molecule has 0 aliphatic rings. The average molecular weight is 339 g/mol. The molecular weight excluding hydrogens is 322 g/mol. The van der Waals surface area contributed by atoms with Crippen LogP contribution in [0.3, 0.4) is 0 Å². The number of ether oxygens (including phenoxy) is 2. The van der Waals surface area contributed by atoms with Crippen LogP contribution in [0.15, 0.2) is 48.7 Å². The number of aromatic amines is 1. The lowest BCUT2D eigenvalue weighted by atomic mass is 10.1. The third-order valence-electron chi connectivity index (χ3n) is 3.61. The second kappa shape index (κ2) is 6.96. The minimum absolute atomic E-state index is 0.262. The smallest absolute Gasteiger partial charge is 0.255 e. The number of primary amides is 1. The van der Waals surface area contributed by atoms with E-state index in [4.69, 9.17) is 15.2 Å². The molecule has 0 aliphatic carbocycles. The minimum atomic E-state index is -0.601. The summed E-state index contributed by atoms with van der Waals surface area (Å²) in [6.45, 7) is -0.281. The summed E-state index contributed by atoms with van der Waals surface area (Å²) in [5, 5.41) is 3.82. The van der Waals surface area contributed by atoms with Crippen molar-refractivity contribution in [2.24, 2.45) is 5.73 Å². The van der Waals surface area contributed by atoms with Crippen molar-refractivity contribution in [3.63, 3.8) is 0 Å². The van der Waals surface area contributed by atoms with Gasteiger partial charge in [-0.15, -0.1) is 0 Å². The lowest BCUT2D eigenvalue weighted by molar-refractivity contribution is -0.119. The summed E-state index contributed by atoms with van der Waals surface area (Å²) < 4.78 is 10.5. The largest absolute Gasteiger partial charge is 0.493 e. The van der Waals surface area contributed by atoms with Gasteiger partial charge in [0.15, 0.2) is 18.1 Å². The van der Waals surface area contributed by atoms with E-state index in [0.717, 1.165) is 10.9 Å². The quantitative estimate of drug-likeness (QED) is 0.640. The Morgan fingerprint density at radius 1 is 1.12 bits per heavy atom. The molecule has 3 rings (SSSR count). The summed E-state index contributed by atoms with van der Waals surface area (Å²) >= 11 is 0. The van der Waals surface area contributed by atoms with Gasteiger partial charge in [0.1, 0.15) is 0 Å². The predicted octanol–water partition coefficient (Wildman–Crippen LogP) is 2.29. The van der Waals surface area contributed by atoms with Gasteiger partial charge in [-0.2, -0.15) is 0 Å². The Morgan fingerprint density at radius 3 is 2.72 bits per heavy atom. The number of amides is 2. The Morgan fingerprint density at radius 2 is 1.96 bits per heavy atom. The average Bonchev–Trinajstić information content (AvgIpc) is 3.07. The second-order valence-electron chi connectivity index (χ2n) is 5.35. The number of carbonyl (C=O) groups excluding carboxylic acids is 2. The van der Waals surface area contributed by atoms with Crippen molar-refractivity contribution < 1.29 is 19.1 Å². The summed E-state index contributed by atoms with van der Waals surface area (Å²) in [5.74, 6) is -0.107. The van der Waals surface area contributed by atoms with E-state index in [-0.39, 0.29) is 12.5 Å². The third kappa shape index (κ3) is 3.72. The van der Waals surface area contributed by atoms with Crippen molar-refractivity contribution >= 4 is 28.4 Å². The Kier molecular flexibility index (Phi) is 4.56. The zero-order chi connectivity index (χ0) is 17.8. The van der Waals surface area contributed by atoms with E-state index < -0.39 is 5.91 Å². The summed E-state index contributed by atoms with van der Waals surface area (Å²) in [6.07, 6.45) is 1.82. The highest BCUT2D eigenvalue weighted by Crippen LogP contribution is 2.30. The van der Waals surface area contributed by atoms with Gasteiger partial charge in [0.05, 0.1) is 7.11 Å². The molecule has 4 N–H and O–H groups in total. The molecule has 0 fully saturated rings. The van der Waals surface area contributed by atoms with E-state index in [9.17, 15) is 9.59 Å². The van der Waals surface area contributed by atoms with Crippen molar-refractivity contribution in [1.82, 2.24) is 4.98 Å². The molecule has 7 nitrogen and oxygen atoms in total. The highest BCUT2D eigenvalue weighted by molar-refractivity contribution is 6.06. The number of aromatic nitrogens is 1. The number of rotatable bonds is 6. The number of hydrogen-bond donors (Lipinski definition) is 3. The zero-order valence-electron chi connectivity index (χ0n) is 13.5. The minimum Gasteiger partial charge on any atom is -0.493 e. The van der Waals surface area contributed by atoms with Crippen LogP contribution >= 0.6 is 0 Å². The number of methoxy groups -OCH3 is 1. The Balaban J connectivity index is 1.80. The Labute approximate surface area is 143 Å². The molecule has 1 heterocycles. The molecule has 1 aromatic heterocycles. The van der Waals surface area contributed by atoms with Crippen LogP contribution < -0.4 is 20.5 Å². The second-order valence-corrected chi connectivity index (χ2v) is 5.35. The Bertz CT molecular complexity index is 933. The standard InChI is InChI=1S/C18H17N3O4/c1-24-15-5-4-13(9-16(15)25-10-17(19)22)21-18(23)12-3-2-11-6-7-20-14(11)8-12/h2-9,20H,10H2,1H3,(H2,19,22)(H,21,23). The van der Waals surface area contributed by atoms with Crippen molar-refractivity contribution in [3.05, 3.63) is 54.2 Å². The van der Waals surface area contributed by atoms with Crippen LogP contribution in [0.2, 0.25) is 0 Å². The predicted molar refractivity (Wildman–Crippen MR) is 93.9 cm³/mol. The van der Waals surface area contributed by atoms with Gasteiger partial charge in [-0.1, -0.05) is 6.07 Å². The zero-order valence-corrected chi connectivity index (χ0v) is 13.5. The number of benzene rings is 2. The fourth-order valence-corrected chi connectivity index (χ4v) is 2.41. The molecule has 0 spiro atoms. The SMILES string of the molecule is COc1ccc(NC(=O)c2ccc3cc[nH]c3c2)cc1OCC(N)=O. The van der Waals surface area contributed by atoms with Crippen LogP contribution in [0, 0.1) is 0 Å². The number of hydrogen-bond acceptors (Lipinski definition) is 4. The maximum Gasteiger partial charge on any atom is 0.255 e. The molecule has 2 amide bonds. The maximum atomic E-state index is 12.4. The van der Waals surface area contributed by atoms with Gasteiger partial charge in [0.2, 0.25) is 0 Å². The number of nitrogens with one attached hydrogen (secondary N) is 2. The first-order valence-electron chi connectivity index (χ1n) is 7.54. The fourth-order valence-electron chi connectivity index (χ4n) is 2.41. The molecule has 2 aromatic carbocycles. The summed E-state index contributed by atoms with van der Waals surface area (Å²) in [6, 6.07) is 12.2. The monoisotopic (exact) mass is 339 g/mol. The van der Waals surface area contributed by atoms with E-state index in [0.29, 0.717) is 22.7 Å². The van der Waals surface area contributed by atoms with Gasteiger partial charge < -0.3 is 25.5 Å². The molecule has 128 valence electrons. The lowest BCUT2D eigenvalue weighted by Gasteiger charge is -2.12. The molecule has 0 saturated carbocycles. The van der Waals surface area contributed by atoms with Crippen LogP contribution in [0.5, 0.6) is 11.5 Å². The molecule has 3 aromatic rings. The lowest BCUT2D eigenvalue weighted by Crippen LogP contribution is -2.20. The van der Waals surface area contributed by atoms with Gasteiger partial charge in [0, 0.05) is 29.0 Å².